The Morgan fingerprint density at radius 2 is 0.625 bits per heavy atom. The third-order valence-corrected chi connectivity index (χ3v) is 11.6. The Hall–Kier alpha value is -7.35. The fourth-order valence-corrected chi connectivity index (χ4v) is 8.97. The molecule has 260 valence electrons. The van der Waals surface area contributed by atoms with Crippen molar-refractivity contribution in [3.05, 3.63) is 217 Å². The summed E-state index contributed by atoms with van der Waals surface area (Å²) in [6.45, 7) is 0. The fraction of sp³-hybridized carbons (Fsp3) is 0. The van der Waals surface area contributed by atoms with Gasteiger partial charge in [-0.3, -0.25) is 4.79 Å². The molecule has 1 nitrogen and oxygen atoms in total. The zero-order valence-corrected chi connectivity index (χ0v) is 30.5. The minimum atomic E-state index is 0.0180. The molecule has 11 aromatic rings. The smallest absolute Gasteiger partial charge is 0.193 e. The van der Waals surface area contributed by atoms with Crippen LogP contribution in [0.15, 0.2) is 206 Å². The van der Waals surface area contributed by atoms with E-state index in [1.807, 2.05) is 30.3 Å². The highest BCUT2D eigenvalue weighted by molar-refractivity contribution is 6.39. The van der Waals surface area contributed by atoms with Gasteiger partial charge in [0, 0.05) is 11.1 Å². The predicted octanol–water partition coefficient (Wildman–Crippen LogP) is 14.8. The van der Waals surface area contributed by atoms with Gasteiger partial charge in [0.2, 0.25) is 0 Å². The number of fused-ring (bicyclic) bond motifs is 8. The standard InChI is InChI=1S/C55H34O/c56-55(37-19-8-3-9-20-37)42-33-51-46-24-13-12-23-45(46)49-26-14-25-48-44-22-11-10-21-43(44)47-28-27-38(32-50(47)52(34-42)54(51)53(48)49)41-30-39(35-15-4-1-5-16-35)29-40(31-41)36-17-6-2-7-18-36/h1-34H. The molecule has 0 N–H and O–H groups in total. The molecule has 0 heterocycles. The van der Waals surface area contributed by atoms with Crippen molar-refractivity contribution in [2.45, 2.75) is 0 Å². The molecule has 0 aliphatic rings. The van der Waals surface area contributed by atoms with E-state index in [2.05, 4.69) is 176 Å². The lowest BCUT2D eigenvalue weighted by molar-refractivity contribution is 0.103. The minimum Gasteiger partial charge on any atom is -0.289 e. The highest BCUT2D eigenvalue weighted by atomic mass is 16.1. The molecule has 0 saturated carbocycles. The van der Waals surface area contributed by atoms with E-state index >= 15 is 0 Å². The zero-order chi connectivity index (χ0) is 37.2. The van der Waals surface area contributed by atoms with E-state index in [1.165, 1.54) is 60.0 Å². The van der Waals surface area contributed by atoms with E-state index in [-0.39, 0.29) is 5.78 Å². The molecule has 0 aliphatic carbocycles. The lowest BCUT2D eigenvalue weighted by atomic mass is 9.85. The first-order chi connectivity index (χ1) is 27.7. The van der Waals surface area contributed by atoms with Crippen LogP contribution in [0.5, 0.6) is 0 Å². The summed E-state index contributed by atoms with van der Waals surface area (Å²) in [6.07, 6.45) is 0. The lowest BCUT2D eigenvalue weighted by Crippen LogP contribution is -2.01. The van der Waals surface area contributed by atoms with Crippen LogP contribution in [-0.2, 0) is 0 Å². The maximum absolute atomic E-state index is 14.5. The van der Waals surface area contributed by atoms with Crippen LogP contribution in [-0.4, -0.2) is 5.78 Å². The molecule has 56 heavy (non-hydrogen) atoms. The number of hydrogen-bond donors (Lipinski definition) is 0. The first-order valence-electron chi connectivity index (χ1n) is 19.2. The lowest BCUT2D eigenvalue weighted by Gasteiger charge is -2.18. The molecule has 0 fully saturated rings. The second-order valence-electron chi connectivity index (χ2n) is 14.8. The maximum atomic E-state index is 14.5. The molecule has 0 radical (unpaired) electrons. The van der Waals surface area contributed by atoms with Crippen molar-refractivity contribution in [2.75, 3.05) is 0 Å². The van der Waals surface area contributed by atoms with Crippen LogP contribution >= 0.6 is 0 Å². The molecule has 0 saturated heterocycles. The van der Waals surface area contributed by atoms with E-state index in [0.29, 0.717) is 11.1 Å². The van der Waals surface area contributed by atoms with Crippen molar-refractivity contribution in [1.29, 1.82) is 0 Å². The average molecular weight is 711 g/mol. The quantitative estimate of drug-likeness (QED) is 0.128. The number of rotatable bonds is 5. The van der Waals surface area contributed by atoms with E-state index in [4.69, 9.17) is 0 Å². The van der Waals surface area contributed by atoms with Gasteiger partial charge in [0.15, 0.2) is 5.78 Å². The summed E-state index contributed by atoms with van der Waals surface area (Å²) in [7, 11) is 0. The number of carbonyl (C=O) groups is 1. The van der Waals surface area contributed by atoms with Crippen LogP contribution in [0, 0.1) is 0 Å². The van der Waals surface area contributed by atoms with Gasteiger partial charge in [0.05, 0.1) is 0 Å². The van der Waals surface area contributed by atoms with Crippen molar-refractivity contribution in [3.63, 3.8) is 0 Å². The van der Waals surface area contributed by atoms with Crippen LogP contribution in [0.3, 0.4) is 0 Å². The van der Waals surface area contributed by atoms with Crippen LogP contribution in [0.25, 0.3) is 98.0 Å². The molecule has 11 rings (SSSR count). The summed E-state index contributed by atoms with van der Waals surface area (Å²) in [4.78, 5) is 14.5. The summed E-state index contributed by atoms with van der Waals surface area (Å²) in [6, 6.07) is 73.3. The highest BCUT2D eigenvalue weighted by Gasteiger charge is 2.20. The van der Waals surface area contributed by atoms with Gasteiger partial charge in [-0.2, -0.15) is 0 Å². The van der Waals surface area contributed by atoms with E-state index in [9.17, 15) is 4.79 Å². The Balaban J connectivity index is 1.32. The summed E-state index contributed by atoms with van der Waals surface area (Å²) >= 11 is 0. The topological polar surface area (TPSA) is 17.1 Å². The van der Waals surface area contributed by atoms with Gasteiger partial charge in [-0.05, 0) is 134 Å². The predicted molar refractivity (Wildman–Crippen MR) is 238 cm³/mol. The highest BCUT2D eigenvalue weighted by Crippen LogP contribution is 2.45. The molecule has 11 aromatic carbocycles. The van der Waals surface area contributed by atoms with Crippen molar-refractivity contribution in [1.82, 2.24) is 0 Å². The molecule has 0 bridgehead atoms. The zero-order valence-electron chi connectivity index (χ0n) is 30.5. The van der Waals surface area contributed by atoms with Crippen molar-refractivity contribution in [3.8, 4) is 33.4 Å². The molecule has 0 amide bonds. The first kappa shape index (κ1) is 32.1. The Bertz CT molecular complexity index is 3290. The van der Waals surface area contributed by atoms with Gasteiger partial charge in [0.25, 0.3) is 0 Å². The second kappa shape index (κ2) is 12.9. The molecule has 0 unspecified atom stereocenters. The third kappa shape index (κ3) is 5.13. The number of ketones is 1. The van der Waals surface area contributed by atoms with Gasteiger partial charge in [-0.1, -0.05) is 170 Å². The monoisotopic (exact) mass is 710 g/mol. The summed E-state index contributed by atoms with van der Waals surface area (Å²) < 4.78 is 0. The minimum absolute atomic E-state index is 0.0180. The molecular weight excluding hydrogens is 677 g/mol. The van der Waals surface area contributed by atoms with Crippen molar-refractivity contribution >= 4 is 70.4 Å². The van der Waals surface area contributed by atoms with Crippen molar-refractivity contribution < 1.29 is 4.79 Å². The molecule has 0 atom stereocenters. The van der Waals surface area contributed by atoms with Gasteiger partial charge in [-0.15, -0.1) is 0 Å². The van der Waals surface area contributed by atoms with Crippen molar-refractivity contribution in [2.24, 2.45) is 0 Å². The molecular formula is C55H34O. The van der Waals surface area contributed by atoms with Gasteiger partial charge < -0.3 is 0 Å². The largest absolute Gasteiger partial charge is 0.289 e. The summed E-state index contributed by atoms with van der Waals surface area (Å²) in [5, 5.41) is 13.9. The van der Waals surface area contributed by atoms with Crippen LogP contribution < -0.4 is 0 Å². The van der Waals surface area contributed by atoms with Gasteiger partial charge >= 0.3 is 0 Å². The Morgan fingerprint density at radius 3 is 1.18 bits per heavy atom. The van der Waals surface area contributed by atoms with Crippen LogP contribution in [0.1, 0.15) is 15.9 Å². The molecule has 0 spiro atoms. The van der Waals surface area contributed by atoms with Crippen LogP contribution in [0.2, 0.25) is 0 Å². The number of carbonyl (C=O) groups excluding carboxylic acids is 1. The molecule has 0 aromatic heterocycles. The van der Waals surface area contributed by atoms with E-state index in [0.717, 1.165) is 38.1 Å². The Kier molecular flexibility index (Phi) is 7.40. The molecule has 0 aliphatic heterocycles. The maximum Gasteiger partial charge on any atom is 0.193 e. The van der Waals surface area contributed by atoms with Crippen LogP contribution in [0.4, 0.5) is 0 Å². The molecule has 1 heteroatoms. The summed E-state index contributed by atoms with van der Waals surface area (Å²) in [5.41, 5.74) is 8.32. The van der Waals surface area contributed by atoms with E-state index < -0.39 is 0 Å². The van der Waals surface area contributed by atoms with Gasteiger partial charge in [0.1, 0.15) is 0 Å². The number of benzene rings is 10. The Morgan fingerprint density at radius 1 is 0.232 bits per heavy atom. The summed E-state index contributed by atoms with van der Waals surface area (Å²) in [5.74, 6) is 0.0180. The first-order valence-corrected chi connectivity index (χ1v) is 19.2. The van der Waals surface area contributed by atoms with E-state index in [1.54, 1.807) is 0 Å². The Labute approximate surface area is 324 Å². The normalized spacial score (nSPS) is 11.6. The van der Waals surface area contributed by atoms with Gasteiger partial charge in [-0.25, -0.2) is 0 Å². The fourth-order valence-electron chi connectivity index (χ4n) is 8.97. The SMILES string of the molecule is O=C(c1ccccc1)c1cc2c3cc(-c4cc(-c5ccccc5)cc(-c5ccccc5)c4)ccc3c3ccccc3c3cccc4c5ccccc5c(c1)c2c34. The average Bonchev–Trinajstić information content (AvgIpc) is 3.28. The third-order valence-electron chi connectivity index (χ3n) is 11.6. The second-order valence-corrected chi connectivity index (χ2v) is 14.8. The number of hydrogen-bond acceptors (Lipinski definition) is 1.